The van der Waals surface area contributed by atoms with Crippen molar-refractivity contribution in [2.24, 2.45) is 0 Å². The average Bonchev–Trinajstić information content (AvgIpc) is 3.91. The summed E-state index contributed by atoms with van der Waals surface area (Å²) in [5.41, 5.74) is 7.49. The number of aromatic nitrogens is 4. The van der Waals surface area contributed by atoms with Crippen LogP contribution in [-0.2, 0) is 0 Å². The van der Waals surface area contributed by atoms with Crippen LogP contribution < -0.4 is 0 Å². The average molecular weight is 815 g/mol. The molecule has 3 aromatic heterocycles. The third kappa shape index (κ3) is 5.22. The van der Waals surface area contributed by atoms with E-state index >= 15 is 0 Å². The van der Waals surface area contributed by atoms with Gasteiger partial charge in [-0.25, -0.2) is 15.0 Å². The van der Waals surface area contributed by atoms with Gasteiger partial charge in [0.05, 0.1) is 16.7 Å². The van der Waals surface area contributed by atoms with E-state index in [-0.39, 0.29) is 0 Å². The predicted molar refractivity (Wildman–Crippen MR) is 265 cm³/mol. The van der Waals surface area contributed by atoms with E-state index in [4.69, 9.17) is 19.4 Å². The molecule has 0 spiro atoms. The van der Waals surface area contributed by atoms with Crippen LogP contribution in [0.2, 0.25) is 0 Å². The fourth-order valence-corrected chi connectivity index (χ4v) is 10.1. The van der Waals surface area contributed by atoms with Crippen LogP contribution in [0, 0.1) is 0 Å². The molecule has 5 nitrogen and oxygen atoms in total. The second-order valence-corrected chi connectivity index (χ2v) is 16.8. The topological polar surface area (TPSA) is 56.7 Å². The van der Waals surface area contributed by atoms with Gasteiger partial charge in [-0.3, -0.25) is 0 Å². The second-order valence-electron chi connectivity index (χ2n) is 16.8. The molecule has 5 heteroatoms. The third-order valence-electron chi connectivity index (χ3n) is 13.2. The van der Waals surface area contributed by atoms with E-state index in [1.54, 1.807) is 0 Å². The lowest BCUT2D eigenvalue weighted by atomic mass is 9.99. The quantitative estimate of drug-likeness (QED) is 0.166. The van der Waals surface area contributed by atoms with Gasteiger partial charge in [-0.05, 0) is 97.0 Å². The number of para-hydroxylation sites is 1. The minimum Gasteiger partial charge on any atom is -0.453 e. The van der Waals surface area contributed by atoms with Crippen molar-refractivity contribution in [3.8, 4) is 39.9 Å². The molecule has 14 rings (SSSR count). The number of hydrogen-bond donors (Lipinski definition) is 0. The molecule has 0 radical (unpaired) electrons. The first-order valence-corrected chi connectivity index (χ1v) is 21.7. The number of rotatable bonds is 4. The zero-order chi connectivity index (χ0) is 41.9. The highest BCUT2D eigenvalue weighted by atomic mass is 16.3. The molecule has 0 unspecified atom stereocenters. The Labute approximate surface area is 366 Å². The summed E-state index contributed by atoms with van der Waals surface area (Å²) in [5.74, 6) is 1.79. The maximum absolute atomic E-state index is 7.24. The highest BCUT2D eigenvalue weighted by molar-refractivity contribution is 6.21. The molecule has 0 fully saturated rings. The van der Waals surface area contributed by atoms with Crippen LogP contribution in [0.1, 0.15) is 0 Å². The van der Waals surface area contributed by atoms with Gasteiger partial charge in [0.1, 0.15) is 5.58 Å². The lowest BCUT2D eigenvalue weighted by Crippen LogP contribution is -2.01. The first-order chi connectivity index (χ1) is 31.7. The van der Waals surface area contributed by atoms with Crippen molar-refractivity contribution in [2.45, 2.75) is 0 Å². The van der Waals surface area contributed by atoms with Gasteiger partial charge in [-0.2, -0.15) is 0 Å². The van der Waals surface area contributed by atoms with Crippen molar-refractivity contribution in [1.82, 2.24) is 19.5 Å². The summed E-state index contributed by atoms with van der Waals surface area (Å²) < 4.78 is 9.60. The van der Waals surface area contributed by atoms with E-state index in [0.29, 0.717) is 17.5 Å². The molecule has 0 bridgehead atoms. The summed E-state index contributed by atoms with van der Waals surface area (Å²) in [5, 5.41) is 15.9. The highest BCUT2D eigenvalue weighted by Gasteiger charge is 2.24. The molecule has 3 heterocycles. The van der Waals surface area contributed by atoms with Gasteiger partial charge in [-0.15, -0.1) is 0 Å². The number of hydrogen-bond acceptors (Lipinski definition) is 4. The molecule has 14 aromatic rings. The molecule has 0 atom stereocenters. The molecule has 0 amide bonds. The number of fused-ring (bicyclic) bond motifs is 13. The smallest absolute Gasteiger partial charge is 0.164 e. The van der Waals surface area contributed by atoms with Crippen LogP contribution in [0.4, 0.5) is 0 Å². The van der Waals surface area contributed by atoms with Crippen LogP contribution in [0.5, 0.6) is 0 Å². The summed E-state index contributed by atoms with van der Waals surface area (Å²) in [6.07, 6.45) is 0. The summed E-state index contributed by atoms with van der Waals surface area (Å²) in [7, 11) is 0. The van der Waals surface area contributed by atoms with E-state index < -0.39 is 0 Å². The minimum atomic E-state index is 0.576. The van der Waals surface area contributed by atoms with Crippen LogP contribution >= 0.6 is 0 Å². The Morgan fingerprint density at radius 1 is 0.312 bits per heavy atom. The Kier molecular flexibility index (Phi) is 7.33. The molecule has 0 aliphatic heterocycles. The fraction of sp³-hybridized carbons (Fsp3) is 0. The molecule has 0 aliphatic rings. The second kappa shape index (κ2) is 13.4. The normalized spacial score (nSPS) is 12.1. The van der Waals surface area contributed by atoms with E-state index in [9.17, 15) is 0 Å². The number of nitrogens with zero attached hydrogens (tertiary/aromatic N) is 4. The summed E-state index contributed by atoms with van der Waals surface area (Å²) in [4.78, 5) is 16.0. The first kappa shape index (κ1) is 35.0. The van der Waals surface area contributed by atoms with Crippen molar-refractivity contribution in [3.63, 3.8) is 0 Å². The molecular formula is C59H34N4O. The van der Waals surface area contributed by atoms with Gasteiger partial charge in [0.25, 0.3) is 0 Å². The van der Waals surface area contributed by atoms with Crippen molar-refractivity contribution in [3.05, 3.63) is 206 Å². The molecule has 0 aliphatic carbocycles. The van der Waals surface area contributed by atoms with Crippen molar-refractivity contribution >= 4 is 97.6 Å². The molecule has 0 N–H and O–H groups in total. The molecule has 296 valence electrons. The molecule has 0 saturated carbocycles. The van der Waals surface area contributed by atoms with Gasteiger partial charge in [0.2, 0.25) is 0 Å². The van der Waals surface area contributed by atoms with Crippen molar-refractivity contribution in [1.29, 1.82) is 0 Å². The molecule has 11 aromatic carbocycles. The number of furan rings is 1. The molecule has 0 saturated heterocycles. The van der Waals surface area contributed by atoms with E-state index in [1.807, 2.05) is 0 Å². The standard InChI is InChI=1S/C59H34N4O/c1-2-14-38-31-42(24-21-35(38)11-1)57-60-58(43-26-27-45-41(32-43)23-22-36-12-5-7-17-44(36)45)62-59(61-57)49-29-30-52(56-54(49)48-28-25-37-13-6-8-18-46(37)55(48)64-56)63-51-20-10-9-19-47(51)50-33-39-15-3-4-16-40(39)34-53(50)63/h1-34H. The zero-order valence-corrected chi connectivity index (χ0v) is 34.3. The van der Waals surface area contributed by atoms with E-state index in [0.717, 1.165) is 82.3 Å². The lowest BCUT2D eigenvalue weighted by Gasteiger charge is -2.13. The lowest BCUT2D eigenvalue weighted by molar-refractivity contribution is 0.670. The van der Waals surface area contributed by atoms with Gasteiger partial charge >= 0.3 is 0 Å². The largest absolute Gasteiger partial charge is 0.453 e. The summed E-state index contributed by atoms with van der Waals surface area (Å²) >= 11 is 0. The van der Waals surface area contributed by atoms with E-state index in [1.165, 1.54) is 37.7 Å². The van der Waals surface area contributed by atoms with Crippen LogP contribution in [-0.4, -0.2) is 19.5 Å². The Morgan fingerprint density at radius 3 is 1.64 bits per heavy atom. The molecule has 64 heavy (non-hydrogen) atoms. The summed E-state index contributed by atoms with van der Waals surface area (Å²) in [6, 6.07) is 73.3. The third-order valence-corrected chi connectivity index (χ3v) is 13.2. The Hall–Kier alpha value is -8.67. The SMILES string of the molecule is c1ccc2cc(-c3nc(-c4ccc5c(ccc6ccccc65)c4)nc(-c4ccc(-n5c6ccccc6c6cc7ccccc7cc65)c5oc6c7ccccc7ccc6c45)n3)ccc2c1. The molecular weight excluding hydrogens is 781 g/mol. The van der Waals surface area contributed by atoms with Crippen molar-refractivity contribution in [2.75, 3.05) is 0 Å². The maximum Gasteiger partial charge on any atom is 0.164 e. The van der Waals surface area contributed by atoms with Crippen LogP contribution in [0.25, 0.3) is 137 Å². The van der Waals surface area contributed by atoms with Gasteiger partial charge in [0.15, 0.2) is 23.1 Å². The Morgan fingerprint density at radius 2 is 0.844 bits per heavy atom. The van der Waals surface area contributed by atoms with Gasteiger partial charge < -0.3 is 8.98 Å². The van der Waals surface area contributed by atoms with Crippen LogP contribution in [0.3, 0.4) is 0 Å². The monoisotopic (exact) mass is 814 g/mol. The van der Waals surface area contributed by atoms with Crippen LogP contribution in [0.15, 0.2) is 211 Å². The maximum atomic E-state index is 7.24. The number of benzene rings is 11. The predicted octanol–water partition coefficient (Wildman–Crippen LogP) is 15.6. The van der Waals surface area contributed by atoms with E-state index in [2.05, 4.69) is 211 Å². The first-order valence-electron chi connectivity index (χ1n) is 21.7. The van der Waals surface area contributed by atoms with Gasteiger partial charge in [-0.1, -0.05) is 158 Å². The minimum absolute atomic E-state index is 0.576. The zero-order valence-electron chi connectivity index (χ0n) is 34.3. The fourth-order valence-electron chi connectivity index (χ4n) is 10.1. The van der Waals surface area contributed by atoms with Crippen molar-refractivity contribution < 1.29 is 4.42 Å². The summed E-state index contributed by atoms with van der Waals surface area (Å²) in [6.45, 7) is 0. The van der Waals surface area contributed by atoms with Gasteiger partial charge in [0, 0.05) is 43.6 Å². The Bertz CT molecular complexity index is 4270. The highest BCUT2D eigenvalue weighted by Crippen LogP contribution is 2.44. The Balaban J connectivity index is 1.07.